The van der Waals surface area contributed by atoms with Crippen molar-refractivity contribution in [3.63, 3.8) is 0 Å². The van der Waals surface area contributed by atoms with Crippen LogP contribution in [-0.2, 0) is 9.59 Å². The van der Waals surface area contributed by atoms with Crippen LogP contribution in [0.3, 0.4) is 0 Å². The van der Waals surface area contributed by atoms with E-state index in [1.807, 2.05) is 26.8 Å². The minimum atomic E-state index is -0.219. The summed E-state index contributed by atoms with van der Waals surface area (Å²) in [6.07, 6.45) is 0. The van der Waals surface area contributed by atoms with Gasteiger partial charge in [0.1, 0.15) is 6.61 Å². The molecule has 1 saturated carbocycles. The summed E-state index contributed by atoms with van der Waals surface area (Å²) in [4.78, 5) is 26.1. The zero-order chi connectivity index (χ0) is 15.4. The van der Waals surface area contributed by atoms with Crippen molar-refractivity contribution in [1.29, 1.82) is 0 Å². The van der Waals surface area contributed by atoms with E-state index in [-0.39, 0.29) is 35.7 Å². The monoisotopic (exact) mass is 283 g/mol. The summed E-state index contributed by atoms with van der Waals surface area (Å²) in [5.41, 5.74) is 2.04. The number of amides is 2. The van der Waals surface area contributed by atoms with Crippen molar-refractivity contribution in [2.24, 2.45) is 17.3 Å². The maximum atomic E-state index is 12.4. The van der Waals surface area contributed by atoms with E-state index in [0.29, 0.717) is 5.69 Å². The average molecular weight is 283 g/mol. The fourth-order valence-corrected chi connectivity index (χ4v) is 3.22. The number of carbonyl (C=O) groups is 2. The number of hydrogen-bond acceptors (Lipinski definition) is 3. The quantitative estimate of drug-likeness (QED) is 0.627. The number of carbonyl (C=O) groups excluding carboxylic acids is 2. The normalized spacial score (nSPS) is 25.4. The van der Waals surface area contributed by atoms with Crippen molar-refractivity contribution >= 4 is 17.5 Å². The van der Waals surface area contributed by atoms with Crippen molar-refractivity contribution in [2.75, 3.05) is 11.5 Å². The molecule has 2 fully saturated rings. The van der Waals surface area contributed by atoms with Crippen LogP contribution in [0.25, 0.3) is 0 Å². The number of hydrogen-bond donors (Lipinski definition) is 1. The lowest BCUT2D eigenvalue weighted by Gasteiger charge is -2.21. The second kappa shape index (κ2) is 4.44. The average Bonchev–Trinajstić information content (AvgIpc) is 2.89. The molecule has 0 bridgehead atoms. The molecule has 1 N–H and O–H groups in total. The lowest BCUT2D eigenvalue weighted by molar-refractivity contribution is -0.125. The number of aliphatic hydroxyl groups excluding tert-OH is 1. The number of nitrogens with zero attached hydrogens (tertiary/aromatic N) is 1. The van der Waals surface area contributed by atoms with Gasteiger partial charge in [0.15, 0.2) is 0 Å². The first-order valence-electron chi connectivity index (χ1n) is 6.97. The van der Waals surface area contributed by atoms with Gasteiger partial charge in [-0.3, -0.25) is 9.59 Å². The van der Waals surface area contributed by atoms with Gasteiger partial charge in [-0.05, 0) is 30.0 Å². The summed E-state index contributed by atoms with van der Waals surface area (Å²) in [6, 6.07) is 5.35. The van der Waals surface area contributed by atoms with E-state index in [1.54, 1.807) is 12.1 Å². The molecule has 2 aliphatic rings. The molecule has 21 heavy (non-hydrogen) atoms. The molecule has 4 nitrogen and oxygen atoms in total. The Bertz CT molecular complexity index is 684. The predicted molar refractivity (Wildman–Crippen MR) is 78.4 cm³/mol. The largest absolute Gasteiger partial charge is 0.384 e. The van der Waals surface area contributed by atoms with Crippen molar-refractivity contribution < 1.29 is 14.7 Å². The lowest BCUT2D eigenvalue weighted by Crippen LogP contribution is -2.36. The van der Waals surface area contributed by atoms with Gasteiger partial charge in [0.25, 0.3) is 0 Å². The van der Waals surface area contributed by atoms with Crippen LogP contribution in [-0.4, -0.2) is 23.5 Å². The van der Waals surface area contributed by atoms with E-state index in [1.165, 1.54) is 4.90 Å². The molecule has 1 aromatic rings. The number of benzene rings is 1. The predicted octanol–water partition coefficient (Wildman–Crippen LogP) is 1.48. The summed E-state index contributed by atoms with van der Waals surface area (Å²) >= 11 is 0. The van der Waals surface area contributed by atoms with Crippen LogP contribution in [0.4, 0.5) is 5.69 Å². The molecule has 0 aromatic heterocycles. The molecule has 1 aliphatic carbocycles. The summed E-state index contributed by atoms with van der Waals surface area (Å²) in [6.45, 7) is 5.61. The first-order chi connectivity index (χ1) is 9.89. The Labute approximate surface area is 123 Å². The molecule has 1 saturated heterocycles. The second-order valence-electron chi connectivity index (χ2n) is 6.25. The SMILES string of the molecule is Cc1ccc(N2C(=O)C3C(C2=O)C3(C)C)cc1C#CCO. The molecule has 108 valence electrons. The lowest BCUT2D eigenvalue weighted by atomic mass is 10.0. The Morgan fingerprint density at radius 2 is 1.86 bits per heavy atom. The van der Waals surface area contributed by atoms with Crippen molar-refractivity contribution in [3.05, 3.63) is 29.3 Å². The van der Waals surface area contributed by atoms with E-state index < -0.39 is 0 Å². The summed E-state index contributed by atoms with van der Waals surface area (Å²) in [5, 5.41) is 8.79. The van der Waals surface area contributed by atoms with E-state index in [4.69, 9.17) is 5.11 Å². The Morgan fingerprint density at radius 1 is 1.24 bits per heavy atom. The van der Waals surface area contributed by atoms with Gasteiger partial charge >= 0.3 is 0 Å². The van der Waals surface area contributed by atoms with Gasteiger partial charge in [0.05, 0.1) is 17.5 Å². The van der Waals surface area contributed by atoms with E-state index >= 15 is 0 Å². The number of imide groups is 1. The van der Waals surface area contributed by atoms with Gasteiger partial charge in [-0.2, -0.15) is 0 Å². The van der Waals surface area contributed by atoms with Crippen molar-refractivity contribution in [1.82, 2.24) is 0 Å². The summed E-state index contributed by atoms with van der Waals surface area (Å²) < 4.78 is 0. The molecule has 2 unspecified atom stereocenters. The molecule has 0 spiro atoms. The molecular formula is C17H17NO3. The van der Waals surface area contributed by atoms with Gasteiger partial charge in [-0.15, -0.1) is 0 Å². The van der Waals surface area contributed by atoms with Crippen LogP contribution in [0.15, 0.2) is 18.2 Å². The Morgan fingerprint density at radius 3 is 2.43 bits per heavy atom. The number of rotatable bonds is 1. The molecule has 1 heterocycles. The van der Waals surface area contributed by atoms with E-state index in [2.05, 4.69) is 11.8 Å². The van der Waals surface area contributed by atoms with Crippen LogP contribution in [0.1, 0.15) is 25.0 Å². The van der Waals surface area contributed by atoms with Crippen molar-refractivity contribution in [3.8, 4) is 11.8 Å². The van der Waals surface area contributed by atoms with Gasteiger partial charge in [0, 0.05) is 5.56 Å². The number of aliphatic hydroxyl groups is 1. The van der Waals surface area contributed by atoms with Crippen LogP contribution < -0.4 is 4.90 Å². The maximum Gasteiger partial charge on any atom is 0.238 e. The standard InChI is InChI=1S/C17H17NO3/c1-10-6-7-12(9-11(10)5-4-8-19)18-15(20)13-14(16(18)21)17(13,2)3/h6-7,9,13-14,19H,8H2,1-3H3. The Balaban J connectivity index is 1.96. The second-order valence-corrected chi connectivity index (χ2v) is 6.25. The fourth-order valence-electron chi connectivity index (χ4n) is 3.22. The van der Waals surface area contributed by atoms with Crippen LogP contribution in [0, 0.1) is 36.0 Å². The maximum absolute atomic E-state index is 12.4. The first kappa shape index (κ1) is 13.8. The van der Waals surface area contributed by atoms with Crippen LogP contribution in [0.5, 0.6) is 0 Å². The minimum absolute atomic E-state index is 0.111. The summed E-state index contributed by atoms with van der Waals surface area (Å²) in [5.74, 6) is 4.85. The molecule has 4 heteroatoms. The molecule has 3 rings (SSSR count). The Kier molecular flexibility index (Phi) is 2.93. The minimum Gasteiger partial charge on any atom is -0.384 e. The van der Waals surface area contributed by atoms with E-state index in [0.717, 1.165) is 11.1 Å². The third-order valence-electron chi connectivity index (χ3n) is 4.58. The molecule has 1 aliphatic heterocycles. The number of aryl methyl sites for hydroxylation is 1. The van der Waals surface area contributed by atoms with Gasteiger partial charge in [0.2, 0.25) is 11.8 Å². The molecular weight excluding hydrogens is 266 g/mol. The van der Waals surface area contributed by atoms with Crippen LogP contribution in [0.2, 0.25) is 0 Å². The third kappa shape index (κ3) is 1.89. The Hall–Kier alpha value is -2.12. The molecule has 0 radical (unpaired) electrons. The fraction of sp³-hybridized carbons (Fsp3) is 0.412. The number of anilines is 1. The summed E-state index contributed by atoms with van der Waals surface area (Å²) in [7, 11) is 0. The number of piperidine rings is 1. The van der Waals surface area contributed by atoms with Crippen molar-refractivity contribution in [2.45, 2.75) is 20.8 Å². The smallest absolute Gasteiger partial charge is 0.238 e. The molecule has 1 aromatic carbocycles. The first-order valence-corrected chi connectivity index (χ1v) is 6.97. The number of fused-ring (bicyclic) bond motifs is 1. The van der Waals surface area contributed by atoms with Gasteiger partial charge in [-0.1, -0.05) is 31.8 Å². The molecule has 2 atom stereocenters. The van der Waals surface area contributed by atoms with Crippen LogP contribution >= 0.6 is 0 Å². The zero-order valence-electron chi connectivity index (χ0n) is 12.3. The molecule has 2 amide bonds. The highest BCUT2D eigenvalue weighted by Crippen LogP contribution is 2.63. The topological polar surface area (TPSA) is 57.6 Å². The highest BCUT2D eigenvalue weighted by Gasteiger charge is 2.72. The highest BCUT2D eigenvalue weighted by atomic mass is 16.2. The zero-order valence-corrected chi connectivity index (χ0v) is 12.3. The van der Waals surface area contributed by atoms with Gasteiger partial charge in [-0.25, -0.2) is 4.90 Å². The van der Waals surface area contributed by atoms with Gasteiger partial charge < -0.3 is 5.11 Å². The highest BCUT2D eigenvalue weighted by molar-refractivity contribution is 6.25. The van der Waals surface area contributed by atoms with E-state index in [9.17, 15) is 9.59 Å². The third-order valence-corrected chi connectivity index (χ3v) is 4.58.